The minimum absolute atomic E-state index is 0.225. The molecule has 0 radical (unpaired) electrons. The highest BCUT2D eigenvalue weighted by molar-refractivity contribution is 8.32. The molecule has 0 N–H and O–H groups in total. The van der Waals surface area contributed by atoms with E-state index in [1.807, 2.05) is 0 Å². The molecule has 0 aromatic carbocycles. The van der Waals surface area contributed by atoms with Crippen molar-refractivity contribution in [3.8, 4) is 0 Å². The van der Waals surface area contributed by atoms with Crippen LogP contribution in [-0.4, -0.2) is 16.9 Å². The van der Waals surface area contributed by atoms with Gasteiger partial charge in [-0.05, 0) is 0 Å². The maximum absolute atomic E-state index is 11.1. The third kappa shape index (κ3) is 6.30. The van der Waals surface area contributed by atoms with Gasteiger partial charge < -0.3 is 0 Å². The Hall–Kier alpha value is 0.300. The second-order valence-electron chi connectivity index (χ2n) is 0.803. The predicted octanol–water partition coefficient (Wildman–Crippen LogP) is 1.74. The summed E-state index contributed by atoms with van der Waals surface area (Å²) in [5.74, 6) is 0.225. The van der Waals surface area contributed by atoms with E-state index in [-0.39, 0.29) is 10.2 Å². The summed E-state index contributed by atoms with van der Waals surface area (Å²) >= 11 is 4.27. The lowest BCUT2D eigenvalue weighted by Gasteiger charge is -1.83. The number of hydrogen-bond acceptors (Lipinski definition) is 2. The fourth-order valence-corrected chi connectivity index (χ4v) is 0.652. The first-order valence-corrected chi connectivity index (χ1v) is 3.12. The van der Waals surface area contributed by atoms with Gasteiger partial charge in [0.1, 0.15) is 0 Å². The minimum atomic E-state index is -0.461. The summed E-state index contributed by atoms with van der Waals surface area (Å²) in [6.45, 7) is -0.461. The van der Waals surface area contributed by atoms with Gasteiger partial charge in [0.15, 0.2) is 0 Å². The van der Waals surface area contributed by atoms with Crippen molar-refractivity contribution in [3.05, 3.63) is 0 Å². The highest BCUT2D eigenvalue weighted by atomic mass is 32.2. The Morgan fingerprint density at radius 3 is 2.57 bits per heavy atom. The topological polar surface area (TPSA) is 17.1 Å². The molecule has 0 amide bonds. The molecule has 0 saturated carbocycles. The normalized spacial score (nSPS) is 8.86. The first-order valence-electron chi connectivity index (χ1n) is 1.69. The monoisotopic (exact) mass is 140 g/mol. The van der Waals surface area contributed by atoms with Gasteiger partial charge in [0, 0.05) is 5.75 Å². The van der Waals surface area contributed by atoms with E-state index in [4.69, 9.17) is 0 Å². The molecular weight excluding hydrogens is 135 g/mol. The van der Waals surface area contributed by atoms with Crippen LogP contribution in [0.15, 0.2) is 0 Å². The largest absolute Gasteiger partial charge is 0.275 e. The number of thioether (sulfide) groups is 1. The summed E-state index contributed by atoms with van der Waals surface area (Å²) in [6.07, 6.45) is 0. The molecule has 0 aliphatic rings. The zero-order chi connectivity index (χ0) is 5.70. The van der Waals surface area contributed by atoms with Crippen molar-refractivity contribution in [3.63, 3.8) is 0 Å². The van der Waals surface area contributed by atoms with Crippen molar-refractivity contribution in [2.24, 2.45) is 0 Å². The average Bonchev–Trinajstić information content (AvgIpc) is 1.61. The molecule has 42 valence electrons. The van der Waals surface area contributed by atoms with Crippen LogP contribution in [0.25, 0.3) is 0 Å². The number of carbonyl (C=O) groups excluding carboxylic acids is 1. The van der Waals surface area contributed by atoms with Crippen LogP contribution in [0.3, 0.4) is 0 Å². The van der Waals surface area contributed by atoms with Crippen LogP contribution in [0.1, 0.15) is 0 Å². The number of halogens is 1. The van der Waals surface area contributed by atoms with E-state index in [1.165, 1.54) is 0 Å². The lowest BCUT2D eigenvalue weighted by Crippen LogP contribution is -1.81. The van der Waals surface area contributed by atoms with E-state index in [1.54, 1.807) is 0 Å². The average molecular weight is 140 g/mol. The maximum Gasteiger partial charge on any atom is 0.243 e. The van der Waals surface area contributed by atoms with Crippen molar-refractivity contribution in [1.82, 2.24) is 0 Å². The van der Waals surface area contributed by atoms with Crippen molar-refractivity contribution < 1.29 is 9.18 Å². The molecule has 0 aliphatic heterocycles. The van der Waals surface area contributed by atoms with Gasteiger partial charge in [-0.15, -0.1) is 0 Å². The Balaban J connectivity index is 2.82. The molecule has 7 heavy (non-hydrogen) atoms. The third-order valence-corrected chi connectivity index (χ3v) is 1.30. The third-order valence-electron chi connectivity index (χ3n) is 0.303. The van der Waals surface area contributed by atoms with Gasteiger partial charge in [-0.25, -0.2) is 0 Å². The van der Waals surface area contributed by atoms with Crippen molar-refractivity contribution in [2.45, 2.75) is 0 Å². The molecule has 0 unspecified atom stereocenters. The SMILES string of the molecule is O=C(S)SCCF. The molecule has 0 atom stereocenters. The van der Waals surface area contributed by atoms with Gasteiger partial charge in [-0.1, -0.05) is 24.4 Å². The molecular formula is C3H5FOS2. The number of alkyl halides is 1. The zero-order valence-corrected chi connectivity index (χ0v) is 5.27. The predicted molar refractivity (Wildman–Crippen MR) is 32.8 cm³/mol. The Labute approximate surface area is 51.1 Å². The van der Waals surface area contributed by atoms with Gasteiger partial charge in [-0.2, -0.15) is 0 Å². The van der Waals surface area contributed by atoms with Gasteiger partial charge in [0.25, 0.3) is 0 Å². The van der Waals surface area contributed by atoms with Crippen LogP contribution in [0, 0.1) is 0 Å². The van der Waals surface area contributed by atoms with E-state index in [0.717, 1.165) is 11.8 Å². The Bertz CT molecular complexity index is 66.0. The number of rotatable bonds is 2. The van der Waals surface area contributed by atoms with E-state index in [0.29, 0.717) is 0 Å². The van der Waals surface area contributed by atoms with Crippen LogP contribution in [0.4, 0.5) is 9.18 Å². The van der Waals surface area contributed by atoms with Gasteiger partial charge >= 0.3 is 0 Å². The summed E-state index contributed by atoms with van der Waals surface area (Å²) in [4.78, 5) is 9.86. The van der Waals surface area contributed by atoms with E-state index in [9.17, 15) is 9.18 Å². The fraction of sp³-hybridized carbons (Fsp3) is 0.667. The molecule has 1 nitrogen and oxygen atoms in total. The molecule has 0 rings (SSSR count). The van der Waals surface area contributed by atoms with E-state index < -0.39 is 6.67 Å². The molecule has 0 fully saturated rings. The maximum atomic E-state index is 11.1. The van der Waals surface area contributed by atoms with Crippen LogP contribution in [-0.2, 0) is 0 Å². The highest BCUT2D eigenvalue weighted by Gasteiger charge is 1.90. The zero-order valence-electron chi connectivity index (χ0n) is 3.56. The molecule has 0 bridgehead atoms. The first-order chi connectivity index (χ1) is 3.27. The molecule has 0 aromatic heterocycles. The fourth-order valence-electron chi connectivity index (χ4n) is 0.126. The molecule has 0 spiro atoms. The van der Waals surface area contributed by atoms with Crippen molar-refractivity contribution in [2.75, 3.05) is 12.4 Å². The molecule has 0 aliphatic carbocycles. The molecule has 0 heterocycles. The van der Waals surface area contributed by atoms with Crippen LogP contribution >= 0.6 is 24.4 Å². The molecule has 4 heteroatoms. The highest BCUT2D eigenvalue weighted by Crippen LogP contribution is 2.04. The van der Waals surface area contributed by atoms with Crippen molar-refractivity contribution in [1.29, 1.82) is 0 Å². The standard InChI is InChI=1S/C3H5FOS2/c4-1-2-7-3(5)6/h1-2H2,(H,5,6). The summed E-state index contributed by atoms with van der Waals surface area (Å²) in [5.41, 5.74) is 0. The lowest BCUT2D eigenvalue weighted by molar-refractivity contribution is 0.277. The number of hydrogen-bond donors (Lipinski definition) is 1. The van der Waals surface area contributed by atoms with Crippen LogP contribution < -0.4 is 0 Å². The Morgan fingerprint density at radius 1 is 1.86 bits per heavy atom. The van der Waals surface area contributed by atoms with Crippen LogP contribution in [0.5, 0.6) is 0 Å². The van der Waals surface area contributed by atoms with Crippen molar-refractivity contribution >= 4 is 28.8 Å². The number of thiol groups is 1. The first kappa shape index (κ1) is 7.30. The summed E-state index contributed by atoms with van der Waals surface area (Å²) in [6, 6.07) is 0. The quantitative estimate of drug-likeness (QED) is 0.588. The lowest BCUT2D eigenvalue weighted by atomic mass is 10.9. The summed E-state index contributed by atoms with van der Waals surface area (Å²) < 4.78 is 10.8. The van der Waals surface area contributed by atoms with Gasteiger partial charge in [0.05, 0.1) is 6.67 Å². The summed E-state index contributed by atoms with van der Waals surface area (Å²) in [5, 5.41) is 0. The minimum Gasteiger partial charge on any atom is -0.275 e. The number of carbonyl (C=O) groups is 1. The van der Waals surface area contributed by atoms with Crippen LogP contribution in [0.2, 0.25) is 0 Å². The second-order valence-corrected chi connectivity index (χ2v) is 2.58. The summed E-state index contributed by atoms with van der Waals surface area (Å²) in [7, 11) is 0. The van der Waals surface area contributed by atoms with Gasteiger partial charge in [-0.3, -0.25) is 9.18 Å². The Morgan fingerprint density at radius 2 is 2.43 bits per heavy atom. The van der Waals surface area contributed by atoms with E-state index >= 15 is 0 Å². The van der Waals surface area contributed by atoms with E-state index in [2.05, 4.69) is 12.6 Å². The molecule has 0 aromatic rings. The molecule has 0 saturated heterocycles. The Kier molecular flexibility index (Phi) is 4.65. The second kappa shape index (κ2) is 4.46. The van der Waals surface area contributed by atoms with Gasteiger partial charge in [0.2, 0.25) is 4.45 Å². The smallest absolute Gasteiger partial charge is 0.243 e.